The van der Waals surface area contributed by atoms with E-state index in [1.165, 1.54) is 4.90 Å². The summed E-state index contributed by atoms with van der Waals surface area (Å²) in [5.41, 5.74) is 6.54. The van der Waals surface area contributed by atoms with Crippen LogP contribution in [0.3, 0.4) is 0 Å². The van der Waals surface area contributed by atoms with Crippen molar-refractivity contribution in [1.29, 1.82) is 0 Å². The number of nitrogens with zero attached hydrogens (tertiary/aromatic N) is 1. The molecule has 0 aromatic heterocycles. The van der Waals surface area contributed by atoms with E-state index in [0.717, 1.165) is 5.56 Å². The molecular formula is C13H14BrFN2O2. The summed E-state index contributed by atoms with van der Waals surface area (Å²) in [5.74, 6) is -1.04. The predicted octanol–water partition coefficient (Wildman–Crippen LogP) is 1.80. The molecule has 0 unspecified atom stereocenters. The van der Waals surface area contributed by atoms with Crippen LogP contribution in [0, 0.1) is 6.92 Å². The maximum Gasteiger partial charge on any atom is 0.255 e. The van der Waals surface area contributed by atoms with Gasteiger partial charge in [-0.1, -0.05) is 12.1 Å². The molecule has 102 valence electrons. The maximum absolute atomic E-state index is 13.4. The molecule has 1 heterocycles. The first kappa shape index (κ1) is 14.0. The Kier molecular flexibility index (Phi) is 3.89. The third kappa shape index (κ3) is 2.63. The molecule has 1 aromatic carbocycles. The van der Waals surface area contributed by atoms with Crippen molar-refractivity contribution >= 4 is 27.7 Å². The number of alkyl halides is 1. The van der Waals surface area contributed by atoms with Crippen molar-refractivity contribution < 1.29 is 14.0 Å². The van der Waals surface area contributed by atoms with Gasteiger partial charge in [-0.2, -0.15) is 0 Å². The van der Waals surface area contributed by atoms with Crippen LogP contribution in [-0.2, 0) is 4.79 Å². The van der Waals surface area contributed by atoms with Gasteiger partial charge in [0.05, 0.1) is 12.1 Å². The Morgan fingerprint density at radius 2 is 2.16 bits per heavy atom. The zero-order chi connectivity index (χ0) is 14.2. The number of amides is 2. The van der Waals surface area contributed by atoms with E-state index in [-0.39, 0.29) is 18.9 Å². The molecule has 1 fully saturated rings. The average molecular weight is 329 g/mol. The fourth-order valence-corrected chi connectivity index (χ4v) is 2.68. The third-order valence-electron chi connectivity index (χ3n) is 3.26. The zero-order valence-electron chi connectivity index (χ0n) is 10.4. The van der Waals surface area contributed by atoms with Gasteiger partial charge in [0.2, 0.25) is 5.91 Å². The van der Waals surface area contributed by atoms with Crippen LogP contribution in [0.25, 0.3) is 0 Å². The lowest BCUT2D eigenvalue weighted by molar-refractivity contribution is -0.121. The third-order valence-corrected chi connectivity index (χ3v) is 4.31. The van der Waals surface area contributed by atoms with Crippen LogP contribution in [0.4, 0.5) is 4.39 Å². The summed E-state index contributed by atoms with van der Waals surface area (Å²) < 4.78 is 14.1. The highest BCUT2D eigenvalue weighted by atomic mass is 79.9. The molecule has 2 N–H and O–H groups in total. The summed E-state index contributed by atoms with van der Waals surface area (Å²) in [4.78, 5) is 24.9. The summed E-state index contributed by atoms with van der Waals surface area (Å²) in [5, 5.41) is 0. The monoisotopic (exact) mass is 328 g/mol. The fourth-order valence-electron chi connectivity index (χ4n) is 2.25. The SMILES string of the molecule is Cc1cccc(C(=O)N2C[C@H](F)C[C@H]2C(N)=O)c1Br. The van der Waals surface area contributed by atoms with E-state index in [4.69, 9.17) is 5.73 Å². The normalized spacial score (nSPS) is 22.6. The minimum Gasteiger partial charge on any atom is -0.368 e. The lowest BCUT2D eigenvalue weighted by Gasteiger charge is -2.22. The number of halogens is 2. The van der Waals surface area contributed by atoms with Crippen molar-refractivity contribution in [1.82, 2.24) is 4.90 Å². The lowest BCUT2D eigenvalue weighted by atomic mass is 10.1. The minimum absolute atomic E-state index is 0.0233. The molecule has 1 saturated heterocycles. The summed E-state index contributed by atoms with van der Waals surface area (Å²) in [6.45, 7) is 1.77. The van der Waals surface area contributed by atoms with Gasteiger partial charge < -0.3 is 10.6 Å². The van der Waals surface area contributed by atoms with Crippen LogP contribution in [0.5, 0.6) is 0 Å². The fraction of sp³-hybridized carbons (Fsp3) is 0.385. The molecule has 0 spiro atoms. The first-order chi connectivity index (χ1) is 8.91. The molecule has 6 heteroatoms. The van der Waals surface area contributed by atoms with Crippen molar-refractivity contribution in [3.05, 3.63) is 33.8 Å². The number of likely N-dealkylation sites (tertiary alicyclic amines) is 1. The number of hydrogen-bond acceptors (Lipinski definition) is 2. The number of rotatable bonds is 2. The van der Waals surface area contributed by atoms with Gasteiger partial charge >= 0.3 is 0 Å². The van der Waals surface area contributed by atoms with E-state index in [9.17, 15) is 14.0 Å². The molecule has 2 rings (SSSR count). The van der Waals surface area contributed by atoms with Crippen LogP contribution in [-0.4, -0.2) is 35.5 Å². The molecule has 0 aliphatic carbocycles. The van der Waals surface area contributed by atoms with Crippen molar-refractivity contribution in [3.8, 4) is 0 Å². The number of carbonyl (C=O) groups excluding carboxylic acids is 2. The molecular weight excluding hydrogens is 315 g/mol. The molecule has 2 amide bonds. The quantitative estimate of drug-likeness (QED) is 0.899. The number of hydrogen-bond donors (Lipinski definition) is 1. The second kappa shape index (κ2) is 5.28. The molecule has 0 bridgehead atoms. The molecule has 19 heavy (non-hydrogen) atoms. The molecule has 1 aliphatic rings. The van der Waals surface area contributed by atoms with Crippen molar-refractivity contribution in [2.24, 2.45) is 5.73 Å². The van der Waals surface area contributed by atoms with Gasteiger partial charge in [0.1, 0.15) is 12.2 Å². The molecule has 0 radical (unpaired) electrons. The summed E-state index contributed by atoms with van der Waals surface area (Å²) in [6, 6.07) is 4.38. The van der Waals surface area contributed by atoms with Gasteiger partial charge in [0.15, 0.2) is 0 Å². The van der Waals surface area contributed by atoms with E-state index < -0.39 is 18.1 Å². The summed E-state index contributed by atoms with van der Waals surface area (Å²) in [6.07, 6.45) is -1.23. The highest BCUT2D eigenvalue weighted by Gasteiger charge is 2.39. The van der Waals surface area contributed by atoms with Crippen molar-refractivity contribution in [2.45, 2.75) is 25.6 Å². The minimum atomic E-state index is -1.20. The first-order valence-electron chi connectivity index (χ1n) is 5.91. The van der Waals surface area contributed by atoms with E-state index in [1.54, 1.807) is 12.1 Å². The van der Waals surface area contributed by atoms with Crippen LogP contribution < -0.4 is 5.73 Å². The van der Waals surface area contributed by atoms with Crippen LogP contribution >= 0.6 is 15.9 Å². The Morgan fingerprint density at radius 3 is 2.79 bits per heavy atom. The van der Waals surface area contributed by atoms with Gasteiger partial charge in [0, 0.05) is 10.9 Å². The van der Waals surface area contributed by atoms with Gasteiger partial charge in [-0.05, 0) is 34.5 Å². The van der Waals surface area contributed by atoms with E-state index in [2.05, 4.69) is 15.9 Å². The molecule has 2 atom stereocenters. The zero-order valence-corrected chi connectivity index (χ0v) is 12.0. The Morgan fingerprint density at radius 1 is 1.47 bits per heavy atom. The van der Waals surface area contributed by atoms with E-state index in [1.807, 2.05) is 13.0 Å². The van der Waals surface area contributed by atoms with Crippen molar-refractivity contribution in [3.63, 3.8) is 0 Å². The number of benzene rings is 1. The van der Waals surface area contributed by atoms with Gasteiger partial charge in [-0.3, -0.25) is 9.59 Å². The van der Waals surface area contributed by atoms with E-state index >= 15 is 0 Å². The second-order valence-corrected chi connectivity index (χ2v) is 5.44. The average Bonchev–Trinajstić information content (AvgIpc) is 2.74. The van der Waals surface area contributed by atoms with Crippen molar-refractivity contribution in [2.75, 3.05) is 6.54 Å². The first-order valence-corrected chi connectivity index (χ1v) is 6.70. The molecule has 1 aromatic rings. The molecule has 0 saturated carbocycles. The van der Waals surface area contributed by atoms with Gasteiger partial charge in [0.25, 0.3) is 5.91 Å². The van der Waals surface area contributed by atoms with Crippen LogP contribution in [0.1, 0.15) is 22.3 Å². The Bertz CT molecular complexity index is 535. The smallest absolute Gasteiger partial charge is 0.255 e. The Hall–Kier alpha value is -1.43. The Balaban J connectivity index is 2.33. The van der Waals surface area contributed by atoms with Gasteiger partial charge in [-0.15, -0.1) is 0 Å². The number of aryl methyl sites for hydroxylation is 1. The number of primary amides is 1. The molecule has 1 aliphatic heterocycles. The lowest BCUT2D eigenvalue weighted by Crippen LogP contribution is -2.43. The topological polar surface area (TPSA) is 63.4 Å². The maximum atomic E-state index is 13.4. The van der Waals surface area contributed by atoms with Gasteiger partial charge in [-0.25, -0.2) is 4.39 Å². The standard InChI is InChI=1S/C13H14BrFN2O2/c1-7-3-2-4-9(11(7)14)13(19)17-6-8(15)5-10(17)12(16)18/h2-4,8,10H,5-6H2,1H3,(H2,16,18)/t8-,10+/m1/s1. The summed E-state index contributed by atoms with van der Waals surface area (Å²) >= 11 is 3.34. The largest absolute Gasteiger partial charge is 0.368 e. The predicted molar refractivity (Wildman–Crippen MR) is 72.4 cm³/mol. The highest BCUT2D eigenvalue weighted by molar-refractivity contribution is 9.10. The molecule has 4 nitrogen and oxygen atoms in total. The van der Waals surface area contributed by atoms with E-state index in [0.29, 0.717) is 10.0 Å². The Labute approximate surface area is 118 Å². The summed E-state index contributed by atoms with van der Waals surface area (Å²) in [7, 11) is 0. The number of nitrogens with two attached hydrogens (primary N) is 1. The second-order valence-electron chi connectivity index (χ2n) is 4.65. The highest BCUT2D eigenvalue weighted by Crippen LogP contribution is 2.27. The number of carbonyl (C=O) groups is 2. The van der Waals surface area contributed by atoms with Crippen LogP contribution in [0.2, 0.25) is 0 Å². The van der Waals surface area contributed by atoms with Crippen LogP contribution in [0.15, 0.2) is 22.7 Å².